The van der Waals surface area contributed by atoms with E-state index >= 15 is 0 Å². The number of halogens is 1. The summed E-state index contributed by atoms with van der Waals surface area (Å²) in [5.41, 5.74) is 1.58. The Hall–Kier alpha value is -2.77. The van der Waals surface area contributed by atoms with Crippen molar-refractivity contribution in [3.8, 4) is 11.5 Å². The number of amides is 1. The molecular weight excluding hydrogens is 420 g/mol. The summed E-state index contributed by atoms with van der Waals surface area (Å²) in [5, 5.41) is 3.61. The van der Waals surface area contributed by atoms with Crippen LogP contribution in [0.1, 0.15) is 28.8 Å². The van der Waals surface area contributed by atoms with Crippen LogP contribution in [0.4, 0.5) is 5.69 Å². The Bertz CT molecular complexity index is 950. The molecule has 0 aliphatic carbocycles. The van der Waals surface area contributed by atoms with Gasteiger partial charge in [0.25, 0.3) is 0 Å². The zero-order valence-electron chi connectivity index (χ0n) is 17.9. The maximum absolute atomic E-state index is 13.1. The third-order valence-corrected chi connectivity index (χ3v) is 5.78. The first kappa shape index (κ1) is 22.9. The van der Waals surface area contributed by atoms with Crippen LogP contribution in [0.5, 0.6) is 11.5 Å². The highest BCUT2D eigenvalue weighted by Gasteiger charge is 2.28. The number of carbonyl (C=O) groups excluding carboxylic acids is 2. The fourth-order valence-corrected chi connectivity index (χ4v) is 3.97. The van der Waals surface area contributed by atoms with Crippen molar-refractivity contribution in [3.63, 3.8) is 0 Å². The molecule has 8 heteroatoms. The molecule has 1 atom stereocenters. The zero-order valence-corrected chi connectivity index (χ0v) is 18.7. The lowest BCUT2D eigenvalue weighted by atomic mass is 9.96. The minimum absolute atomic E-state index is 0.152. The van der Waals surface area contributed by atoms with Crippen LogP contribution in [0.3, 0.4) is 0 Å². The summed E-state index contributed by atoms with van der Waals surface area (Å²) < 4.78 is 15.4. The number of hydrogen-bond acceptors (Lipinski definition) is 6. The SMILES string of the molecule is COC(=O)c1cc(OC)c(OC)cc1NC(=O)[C@@H]1CCCN(Cc2ccccc2Cl)C1. The second-order valence-electron chi connectivity index (χ2n) is 7.40. The molecule has 2 aromatic carbocycles. The molecule has 1 heterocycles. The number of hydrogen-bond donors (Lipinski definition) is 1. The summed E-state index contributed by atoms with van der Waals surface area (Å²) in [4.78, 5) is 27.5. The summed E-state index contributed by atoms with van der Waals surface area (Å²) in [5.74, 6) is -0.143. The predicted molar refractivity (Wildman–Crippen MR) is 119 cm³/mol. The molecule has 7 nitrogen and oxygen atoms in total. The van der Waals surface area contributed by atoms with E-state index in [1.165, 1.54) is 27.4 Å². The monoisotopic (exact) mass is 446 g/mol. The molecular formula is C23H27ClN2O5. The smallest absolute Gasteiger partial charge is 0.340 e. The van der Waals surface area contributed by atoms with Gasteiger partial charge in [-0.15, -0.1) is 0 Å². The maximum Gasteiger partial charge on any atom is 0.340 e. The van der Waals surface area contributed by atoms with Gasteiger partial charge in [-0.05, 0) is 31.0 Å². The third-order valence-electron chi connectivity index (χ3n) is 5.41. The standard InChI is InChI=1S/C23H27ClN2O5/c1-29-20-11-17(23(28)31-3)19(12-21(20)30-2)25-22(27)16-8-6-10-26(14-16)13-15-7-4-5-9-18(15)24/h4-5,7,9,11-12,16H,6,8,10,13-14H2,1-3H3,(H,25,27)/t16-/m1/s1. The van der Waals surface area contributed by atoms with E-state index in [1.807, 2.05) is 24.3 Å². The minimum atomic E-state index is -0.569. The van der Waals surface area contributed by atoms with Crippen molar-refractivity contribution in [3.05, 3.63) is 52.5 Å². The van der Waals surface area contributed by atoms with Gasteiger partial charge < -0.3 is 19.5 Å². The van der Waals surface area contributed by atoms with Gasteiger partial charge in [-0.25, -0.2) is 4.79 Å². The number of anilines is 1. The molecule has 1 aliphatic heterocycles. The summed E-state index contributed by atoms with van der Waals surface area (Å²) in [7, 11) is 4.26. The number of rotatable bonds is 7. The third kappa shape index (κ3) is 5.48. The number of nitrogens with one attached hydrogen (secondary N) is 1. The molecule has 31 heavy (non-hydrogen) atoms. The molecule has 1 aliphatic rings. The van der Waals surface area contributed by atoms with Crippen molar-refractivity contribution in [2.75, 3.05) is 39.7 Å². The van der Waals surface area contributed by atoms with Crippen LogP contribution >= 0.6 is 11.6 Å². The van der Waals surface area contributed by atoms with Gasteiger partial charge in [-0.2, -0.15) is 0 Å². The van der Waals surface area contributed by atoms with Crippen LogP contribution in [-0.4, -0.2) is 51.2 Å². The van der Waals surface area contributed by atoms with Gasteiger partial charge in [0, 0.05) is 30.2 Å². The largest absolute Gasteiger partial charge is 0.493 e. The molecule has 0 saturated carbocycles. The molecule has 3 rings (SSSR count). The first-order valence-corrected chi connectivity index (χ1v) is 10.5. The molecule has 0 unspecified atom stereocenters. The van der Waals surface area contributed by atoms with Crippen molar-refractivity contribution in [1.29, 1.82) is 0 Å². The van der Waals surface area contributed by atoms with Gasteiger partial charge in [0.1, 0.15) is 0 Å². The highest BCUT2D eigenvalue weighted by molar-refractivity contribution is 6.31. The number of likely N-dealkylation sites (tertiary alicyclic amines) is 1. The van der Waals surface area contributed by atoms with E-state index in [-0.39, 0.29) is 17.4 Å². The van der Waals surface area contributed by atoms with Gasteiger partial charge in [0.2, 0.25) is 5.91 Å². The molecule has 0 spiro atoms. The average Bonchev–Trinajstić information content (AvgIpc) is 2.79. The molecule has 1 fully saturated rings. The second-order valence-corrected chi connectivity index (χ2v) is 7.81. The summed E-state index contributed by atoms with van der Waals surface area (Å²) in [6.45, 7) is 2.20. The van der Waals surface area contributed by atoms with E-state index in [9.17, 15) is 9.59 Å². The topological polar surface area (TPSA) is 77.1 Å². The predicted octanol–water partition coefficient (Wildman–Crippen LogP) is 3.99. The lowest BCUT2D eigenvalue weighted by Gasteiger charge is -2.32. The first-order chi connectivity index (χ1) is 15.0. The van der Waals surface area contributed by atoms with Gasteiger partial charge in [0.15, 0.2) is 11.5 Å². The van der Waals surface area contributed by atoms with Gasteiger partial charge in [-0.1, -0.05) is 29.8 Å². The fraction of sp³-hybridized carbons (Fsp3) is 0.391. The fourth-order valence-electron chi connectivity index (χ4n) is 3.78. The number of piperidine rings is 1. The number of ether oxygens (including phenoxy) is 3. The van der Waals surface area contributed by atoms with E-state index in [4.69, 9.17) is 25.8 Å². The zero-order chi connectivity index (χ0) is 22.4. The normalized spacial score (nSPS) is 16.5. The highest BCUT2D eigenvalue weighted by atomic mass is 35.5. The Balaban J connectivity index is 1.75. The Kier molecular flexibility index (Phi) is 7.76. The van der Waals surface area contributed by atoms with Crippen LogP contribution in [-0.2, 0) is 16.1 Å². The Morgan fingerprint density at radius 3 is 2.52 bits per heavy atom. The van der Waals surface area contributed by atoms with E-state index < -0.39 is 5.97 Å². The van der Waals surface area contributed by atoms with Crippen molar-refractivity contribution in [2.45, 2.75) is 19.4 Å². The summed E-state index contributed by atoms with van der Waals surface area (Å²) in [6, 6.07) is 10.8. The molecule has 0 aromatic heterocycles. The van der Waals surface area contributed by atoms with Crippen LogP contribution < -0.4 is 14.8 Å². The molecule has 1 amide bonds. The van der Waals surface area contributed by atoms with Gasteiger partial charge >= 0.3 is 5.97 Å². The number of benzene rings is 2. The van der Waals surface area contributed by atoms with Crippen molar-refractivity contribution >= 4 is 29.2 Å². The first-order valence-electron chi connectivity index (χ1n) is 10.1. The molecule has 0 bridgehead atoms. The number of carbonyl (C=O) groups is 2. The van der Waals surface area contributed by atoms with Crippen molar-refractivity contribution < 1.29 is 23.8 Å². The lowest BCUT2D eigenvalue weighted by molar-refractivity contribution is -0.121. The van der Waals surface area contributed by atoms with Crippen LogP contribution in [0.25, 0.3) is 0 Å². The number of methoxy groups -OCH3 is 3. The quantitative estimate of drug-likeness (QED) is 0.648. The maximum atomic E-state index is 13.1. The average molecular weight is 447 g/mol. The van der Waals surface area contributed by atoms with Gasteiger partial charge in [0.05, 0.1) is 38.5 Å². The van der Waals surface area contributed by atoms with Gasteiger partial charge in [-0.3, -0.25) is 9.69 Å². The van der Waals surface area contributed by atoms with E-state index in [0.717, 1.165) is 30.0 Å². The Labute approximate surface area is 187 Å². The second kappa shape index (κ2) is 10.5. The molecule has 1 saturated heterocycles. The highest BCUT2D eigenvalue weighted by Crippen LogP contribution is 2.34. The lowest BCUT2D eigenvalue weighted by Crippen LogP contribution is -2.40. The molecule has 0 radical (unpaired) electrons. The van der Waals surface area contributed by atoms with Crippen LogP contribution in [0, 0.1) is 5.92 Å². The summed E-state index contributed by atoms with van der Waals surface area (Å²) >= 11 is 6.29. The van der Waals surface area contributed by atoms with Crippen LogP contribution in [0.15, 0.2) is 36.4 Å². The summed E-state index contributed by atoms with van der Waals surface area (Å²) in [6.07, 6.45) is 1.67. The van der Waals surface area contributed by atoms with E-state index in [0.29, 0.717) is 30.3 Å². The Morgan fingerprint density at radius 1 is 1.13 bits per heavy atom. The Morgan fingerprint density at radius 2 is 1.84 bits per heavy atom. The minimum Gasteiger partial charge on any atom is -0.493 e. The molecule has 1 N–H and O–H groups in total. The van der Waals surface area contributed by atoms with Crippen molar-refractivity contribution in [1.82, 2.24) is 4.90 Å². The van der Waals surface area contributed by atoms with E-state index in [1.54, 1.807) is 6.07 Å². The van der Waals surface area contributed by atoms with Crippen LogP contribution in [0.2, 0.25) is 5.02 Å². The molecule has 2 aromatic rings. The molecule has 166 valence electrons. The number of nitrogens with zero attached hydrogens (tertiary/aromatic N) is 1. The van der Waals surface area contributed by atoms with Crippen molar-refractivity contribution in [2.24, 2.45) is 5.92 Å². The number of esters is 1. The van der Waals surface area contributed by atoms with E-state index in [2.05, 4.69) is 10.2 Å².